The van der Waals surface area contributed by atoms with Gasteiger partial charge >= 0.3 is 0 Å². The fraction of sp³-hybridized carbons (Fsp3) is 0.269. The molecule has 1 unspecified atom stereocenters. The Morgan fingerprint density at radius 3 is 2.38 bits per heavy atom. The molecule has 34 heavy (non-hydrogen) atoms. The number of methoxy groups -OCH3 is 1. The van der Waals surface area contributed by atoms with Gasteiger partial charge in [0.2, 0.25) is 10.0 Å². The first-order valence-corrected chi connectivity index (χ1v) is 12.8. The van der Waals surface area contributed by atoms with Gasteiger partial charge in [0.15, 0.2) is 0 Å². The molecule has 0 saturated carbocycles. The molecule has 1 atom stereocenters. The monoisotopic (exact) mass is 500 g/mol. The van der Waals surface area contributed by atoms with Crippen LogP contribution in [0, 0.1) is 0 Å². The van der Waals surface area contributed by atoms with Crippen molar-refractivity contribution in [2.24, 2.45) is 0 Å². The van der Waals surface area contributed by atoms with Crippen LogP contribution in [0.4, 0.5) is 0 Å². The predicted molar refractivity (Wildman–Crippen MR) is 135 cm³/mol. The van der Waals surface area contributed by atoms with E-state index in [9.17, 15) is 13.2 Å². The summed E-state index contributed by atoms with van der Waals surface area (Å²) in [6.07, 6.45) is 1.67. The molecule has 0 fully saturated rings. The molecule has 3 aromatic rings. The first-order valence-electron chi connectivity index (χ1n) is 10.9. The molecular formula is C26H29ClN2O4S. The molecule has 0 spiro atoms. The van der Waals surface area contributed by atoms with Crippen molar-refractivity contribution in [3.05, 3.63) is 94.5 Å². The van der Waals surface area contributed by atoms with Gasteiger partial charge in [0, 0.05) is 35.8 Å². The molecule has 0 aliphatic heterocycles. The standard InChI is InChI=1S/C26H29ClN2O4S/c1-19(9-10-20-7-5-4-6-8-20)28-26(30)21-11-16-25(33-3)22(17-21)18-29(2)34(31,32)24-14-12-23(27)13-15-24/h4-8,11-17,19H,9-10,18H2,1-3H3,(H,28,30). The number of sulfonamides is 1. The molecular weight excluding hydrogens is 472 g/mol. The Balaban J connectivity index is 1.70. The van der Waals surface area contributed by atoms with Gasteiger partial charge in [-0.1, -0.05) is 41.9 Å². The maximum absolute atomic E-state index is 13.0. The van der Waals surface area contributed by atoms with Crippen LogP contribution in [0.25, 0.3) is 0 Å². The number of carbonyl (C=O) groups is 1. The maximum Gasteiger partial charge on any atom is 0.251 e. The number of ether oxygens (including phenoxy) is 1. The molecule has 180 valence electrons. The van der Waals surface area contributed by atoms with Crippen molar-refractivity contribution in [1.29, 1.82) is 0 Å². The number of nitrogens with one attached hydrogen (secondary N) is 1. The summed E-state index contributed by atoms with van der Waals surface area (Å²) >= 11 is 5.88. The van der Waals surface area contributed by atoms with Crippen molar-refractivity contribution in [2.45, 2.75) is 37.2 Å². The van der Waals surface area contributed by atoms with Gasteiger partial charge in [-0.25, -0.2) is 8.42 Å². The average Bonchev–Trinajstić information content (AvgIpc) is 2.83. The van der Waals surface area contributed by atoms with Gasteiger partial charge in [0.25, 0.3) is 5.91 Å². The minimum atomic E-state index is -3.75. The van der Waals surface area contributed by atoms with Crippen molar-refractivity contribution in [2.75, 3.05) is 14.2 Å². The second-order valence-corrected chi connectivity index (χ2v) is 10.6. The molecule has 3 rings (SSSR count). The largest absolute Gasteiger partial charge is 0.496 e. The van der Waals surface area contributed by atoms with E-state index in [1.165, 1.54) is 48.3 Å². The normalized spacial score (nSPS) is 12.4. The fourth-order valence-corrected chi connectivity index (χ4v) is 4.84. The molecule has 0 bridgehead atoms. The van der Waals surface area contributed by atoms with E-state index in [0.29, 0.717) is 21.9 Å². The van der Waals surface area contributed by atoms with Crippen molar-refractivity contribution in [1.82, 2.24) is 9.62 Å². The Bertz CT molecular complexity index is 1220. The third-order valence-electron chi connectivity index (χ3n) is 5.54. The van der Waals surface area contributed by atoms with E-state index < -0.39 is 10.0 Å². The Morgan fingerprint density at radius 1 is 1.06 bits per heavy atom. The van der Waals surface area contributed by atoms with Crippen LogP contribution in [0.5, 0.6) is 5.75 Å². The summed E-state index contributed by atoms with van der Waals surface area (Å²) in [5.41, 5.74) is 2.26. The van der Waals surface area contributed by atoms with Gasteiger partial charge in [0.1, 0.15) is 5.75 Å². The van der Waals surface area contributed by atoms with Crippen molar-refractivity contribution >= 4 is 27.5 Å². The molecule has 6 nitrogen and oxygen atoms in total. The summed E-state index contributed by atoms with van der Waals surface area (Å²) in [6, 6.07) is 21.1. The molecule has 0 aliphatic carbocycles. The van der Waals surface area contributed by atoms with Gasteiger partial charge < -0.3 is 10.1 Å². The van der Waals surface area contributed by atoms with E-state index in [1.807, 2.05) is 25.1 Å². The number of amides is 1. The van der Waals surface area contributed by atoms with Gasteiger partial charge in [-0.05, 0) is 67.8 Å². The quantitative estimate of drug-likeness (QED) is 0.428. The lowest BCUT2D eigenvalue weighted by Crippen LogP contribution is -2.33. The number of benzene rings is 3. The number of aryl methyl sites for hydroxylation is 1. The zero-order valence-corrected chi connectivity index (χ0v) is 21.1. The van der Waals surface area contributed by atoms with E-state index in [-0.39, 0.29) is 23.4 Å². The zero-order valence-electron chi connectivity index (χ0n) is 19.5. The third kappa shape index (κ3) is 6.59. The summed E-state index contributed by atoms with van der Waals surface area (Å²) in [5.74, 6) is 0.291. The lowest BCUT2D eigenvalue weighted by Gasteiger charge is -2.20. The highest BCUT2D eigenvalue weighted by Gasteiger charge is 2.23. The van der Waals surface area contributed by atoms with E-state index in [2.05, 4.69) is 17.4 Å². The highest BCUT2D eigenvalue weighted by Crippen LogP contribution is 2.25. The summed E-state index contributed by atoms with van der Waals surface area (Å²) in [5, 5.41) is 3.48. The van der Waals surface area contributed by atoms with E-state index in [0.717, 1.165) is 12.8 Å². The molecule has 3 aromatic carbocycles. The highest BCUT2D eigenvalue weighted by atomic mass is 35.5. The van der Waals surface area contributed by atoms with Crippen LogP contribution in [0.1, 0.15) is 34.8 Å². The number of rotatable bonds is 10. The van der Waals surface area contributed by atoms with Crippen LogP contribution in [0.3, 0.4) is 0 Å². The van der Waals surface area contributed by atoms with Crippen molar-refractivity contribution < 1.29 is 17.9 Å². The first kappa shape index (κ1) is 25.7. The van der Waals surface area contributed by atoms with Gasteiger partial charge in [-0.2, -0.15) is 4.31 Å². The predicted octanol–water partition coefficient (Wildman–Crippen LogP) is 4.92. The van der Waals surface area contributed by atoms with E-state index in [1.54, 1.807) is 18.2 Å². The molecule has 0 radical (unpaired) electrons. The summed E-state index contributed by atoms with van der Waals surface area (Å²) in [4.78, 5) is 13.0. The lowest BCUT2D eigenvalue weighted by atomic mass is 10.1. The average molecular weight is 501 g/mol. The van der Waals surface area contributed by atoms with Gasteiger partial charge in [-0.15, -0.1) is 0 Å². The molecule has 1 amide bonds. The summed E-state index contributed by atoms with van der Waals surface area (Å²) in [7, 11) is -0.746. The van der Waals surface area contributed by atoms with Crippen LogP contribution in [-0.4, -0.2) is 38.8 Å². The first-order chi connectivity index (χ1) is 16.2. The lowest BCUT2D eigenvalue weighted by molar-refractivity contribution is 0.0938. The number of halogens is 1. The highest BCUT2D eigenvalue weighted by molar-refractivity contribution is 7.89. The topological polar surface area (TPSA) is 75.7 Å². The van der Waals surface area contributed by atoms with Gasteiger partial charge in [0.05, 0.1) is 12.0 Å². The van der Waals surface area contributed by atoms with E-state index >= 15 is 0 Å². The SMILES string of the molecule is COc1ccc(C(=O)NC(C)CCc2ccccc2)cc1CN(C)S(=O)(=O)c1ccc(Cl)cc1. The number of carbonyl (C=O) groups excluding carboxylic acids is 1. The van der Waals surface area contributed by atoms with Gasteiger partial charge in [-0.3, -0.25) is 4.79 Å². The second kappa shape index (κ2) is 11.5. The molecule has 0 heterocycles. The molecule has 0 saturated heterocycles. The Labute approximate surface area is 206 Å². The molecule has 8 heteroatoms. The van der Waals surface area contributed by atoms with Crippen LogP contribution >= 0.6 is 11.6 Å². The molecule has 0 aliphatic rings. The molecule has 0 aromatic heterocycles. The number of nitrogens with zero attached hydrogens (tertiary/aromatic N) is 1. The minimum Gasteiger partial charge on any atom is -0.496 e. The Kier molecular flexibility index (Phi) is 8.72. The Hall–Kier alpha value is -2.87. The molecule has 1 N–H and O–H groups in total. The smallest absolute Gasteiger partial charge is 0.251 e. The fourth-order valence-electron chi connectivity index (χ4n) is 3.56. The Morgan fingerprint density at radius 2 is 1.74 bits per heavy atom. The van der Waals surface area contributed by atoms with E-state index in [4.69, 9.17) is 16.3 Å². The number of hydrogen-bond acceptors (Lipinski definition) is 4. The van der Waals surface area contributed by atoms with Crippen LogP contribution in [-0.2, 0) is 23.0 Å². The van der Waals surface area contributed by atoms with Crippen LogP contribution < -0.4 is 10.1 Å². The third-order valence-corrected chi connectivity index (χ3v) is 7.61. The van der Waals surface area contributed by atoms with Crippen LogP contribution in [0.15, 0.2) is 77.7 Å². The summed E-state index contributed by atoms with van der Waals surface area (Å²) < 4.78 is 32.6. The second-order valence-electron chi connectivity index (χ2n) is 8.14. The number of hydrogen-bond donors (Lipinski definition) is 1. The van der Waals surface area contributed by atoms with Crippen molar-refractivity contribution in [3.8, 4) is 5.75 Å². The van der Waals surface area contributed by atoms with Crippen molar-refractivity contribution in [3.63, 3.8) is 0 Å². The van der Waals surface area contributed by atoms with Crippen LogP contribution in [0.2, 0.25) is 5.02 Å². The minimum absolute atomic E-state index is 0.0220. The summed E-state index contributed by atoms with van der Waals surface area (Å²) in [6.45, 7) is 2.01. The zero-order chi connectivity index (χ0) is 24.7. The maximum atomic E-state index is 13.0.